The van der Waals surface area contributed by atoms with E-state index in [2.05, 4.69) is 55.0 Å². The minimum atomic E-state index is -1.90. The number of hydrogen-bond acceptors (Lipinski definition) is 15. The Kier molecular flexibility index (Phi) is 22.1. The highest BCUT2D eigenvalue weighted by Crippen LogP contribution is 2.31. The average molecular weight is 869 g/mol. The Morgan fingerprint density at radius 2 is 0.695 bits per heavy atom. The summed E-state index contributed by atoms with van der Waals surface area (Å²) in [5, 5.41) is 0. The van der Waals surface area contributed by atoms with E-state index in [0.29, 0.717) is 17.6 Å². The average Bonchev–Trinajstić information content (AvgIpc) is 3.12. The van der Waals surface area contributed by atoms with Crippen LogP contribution in [0.15, 0.2) is 0 Å². The van der Waals surface area contributed by atoms with Gasteiger partial charge in [-0.15, -0.1) is 0 Å². The van der Waals surface area contributed by atoms with Crippen LogP contribution in [0.3, 0.4) is 0 Å². The number of methoxy groups -OCH3 is 2. The summed E-state index contributed by atoms with van der Waals surface area (Å²) < 4.78 is 78.8. The third kappa shape index (κ3) is 19.1. The lowest BCUT2D eigenvalue weighted by Gasteiger charge is -2.41. The maximum atomic E-state index is 5.74. The summed E-state index contributed by atoms with van der Waals surface area (Å²) in [4.78, 5) is 0. The van der Waals surface area contributed by atoms with Crippen LogP contribution in [0.1, 0.15) is 54.9 Å². The molecule has 15 nitrogen and oxygen atoms in total. The van der Waals surface area contributed by atoms with Gasteiger partial charge in [-0.05, 0) is 25.9 Å². The topological polar surface area (TPSA) is 138 Å². The molecule has 0 spiro atoms. The van der Waals surface area contributed by atoms with Gasteiger partial charge < -0.3 is 70.4 Å². The lowest BCUT2D eigenvalue weighted by Crippen LogP contribution is -2.49. The van der Waals surface area contributed by atoms with Gasteiger partial charge in [0.25, 0.3) is 0 Å². The highest BCUT2D eigenvalue weighted by Gasteiger charge is 2.39. The van der Waals surface area contributed by atoms with Crippen LogP contribution in [0.25, 0.3) is 0 Å². The second kappa shape index (κ2) is 24.6. The van der Waals surface area contributed by atoms with Crippen molar-refractivity contribution in [2.45, 2.75) is 73.1 Å². The summed E-state index contributed by atoms with van der Waals surface area (Å²) in [6.45, 7) is 34.6. The monoisotopic (exact) mass is 869 g/mol. The van der Waals surface area contributed by atoms with Crippen LogP contribution in [0.4, 0.5) is 0 Å². The van der Waals surface area contributed by atoms with E-state index in [1.807, 2.05) is 0 Å². The van der Waals surface area contributed by atoms with E-state index >= 15 is 0 Å². The SMILES string of the molecule is CC1(COCC2(C)COC2)COC1.CC1(COCOCC2(C)COC2)COC1.COCC1(C)COC1.COCC1(C)COC1.CO[Si](C)(CCCOC1(C)COC1)OC. The zero-order valence-electron chi connectivity index (χ0n) is 39.1. The number of ether oxygens (including phenoxy) is 13. The first kappa shape index (κ1) is 53.0. The van der Waals surface area contributed by atoms with Crippen LogP contribution in [0.2, 0.25) is 12.6 Å². The lowest BCUT2D eigenvalue weighted by molar-refractivity contribution is -0.198. The maximum Gasteiger partial charge on any atom is 0.334 e. The van der Waals surface area contributed by atoms with Crippen LogP contribution >= 0.6 is 0 Å². The van der Waals surface area contributed by atoms with Gasteiger partial charge >= 0.3 is 8.56 Å². The molecule has 0 aliphatic carbocycles. The van der Waals surface area contributed by atoms with E-state index in [-0.39, 0.29) is 27.3 Å². The molecular weight excluding hydrogens is 785 g/mol. The van der Waals surface area contributed by atoms with Gasteiger partial charge in [-0.25, -0.2) is 0 Å². The molecule has 0 aromatic carbocycles. The van der Waals surface area contributed by atoms with Crippen LogP contribution in [-0.2, 0) is 70.4 Å². The second-order valence-electron chi connectivity index (χ2n) is 20.4. The molecule has 0 aromatic rings. The smallest absolute Gasteiger partial charge is 0.334 e. The normalized spacial score (nSPS) is 25.0. The first-order chi connectivity index (χ1) is 27.8. The fourth-order valence-corrected chi connectivity index (χ4v) is 7.91. The van der Waals surface area contributed by atoms with Crippen molar-refractivity contribution in [1.29, 1.82) is 0 Å². The molecule has 0 saturated carbocycles. The van der Waals surface area contributed by atoms with Crippen molar-refractivity contribution in [3.8, 4) is 0 Å². The van der Waals surface area contributed by atoms with E-state index < -0.39 is 8.56 Å². The van der Waals surface area contributed by atoms with Crippen molar-refractivity contribution < 1.29 is 70.4 Å². The Morgan fingerprint density at radius 3 is 0.915 bits per heavy atom. The van der Waals surface area contributed by atoms with Crippen molar-refractivity contribution in [3.63, 3.8) is 0 Å². The summed E-state index contributed by atoms with van der Waals surface area (Å²) >= 11 is 0. The highest BCUT2D eigenvalue weighted by atomic mass is 28.4. The molecule has 59 heavy (non-hydrogen) atoms. The summed E-state index contributed by atoms with van der Waals surface area (Å²) in [5.41, 5.74) is 1.60. The Labute approximate surface area is 357 Å². The standard InChI is InChI=1S/C11H20O4.C10H22O4Si.C10H18O3.2C6H12O2/c1-10(3-12-4-10)7-14-9-15-8-11(2)5-13-6-11;1-10(8-13-9-10)14-6-5-7-15(4,11-2)12-3;1-9(3-11-4-9)7-13-8-10(2)5-12-6-10;2*1-6(3-7-2)4-8-5-6/h3-9H2,1-2H3;5-9H2,1-4H3;3-8H2,1-2H3;2*3-5H2,1-2H3. The Bertz CT molecular complexity index is 1060. The first-order valence-electron chi connectivity index (χ1n) is 21.3. The Balaban J connectivity index is 0.000000202. The van der Waals surface area contributed by atoms with E-state index in [0.717, 1.165) is 151 Å². The number of hydrogen-bond donors (Lipinski definition) is 0. The molecule has 0 radical (unpaired) electrons. The van der Waals surface area contributed by atoms with Crippen molar-refractivity contribution in [1.82, 2.24) is 0 Å². The van der Waals surface area contributed by atoms with Crippen molar-refractivity contribution in [2.24, 2.45) is 32.5 Å². The van der Waals surface area contributed by atoms with E-state index in [1.165, 1.54) is 0 Å². The zero-order valence-corrected chi connectivity index (χ0v) is 40.1. The lowest BCUT2D eigenvalue weighted by atomic mass is 9.88. The predicted molar refractivity (Wildman–Crippen MR) is 225 cm³/mol. The molecule has 0 unspecified atom stereocenters. The molecule has 0 amide bonds. The van der Waals surface area contributed by atoms with Crippen LogP contribution < -0.4 is 0 Å². The molecule has 7 fully saturated rings. The second-order valence-corrected chi connectivity index (χ2v) is 24.0. The minimum Gasteiger partial charge on any atom is -0.398 e. The van der Waals surface area contributed by atoms with E-state index in [1.54, 1.807) is 28.4 Å². The highest BCUT2D eigenvalue weighted by molar-refractivity contribution is 6.65. The fourth-order valence-electron chi connectivity index (χ4n) is 6.55. The summed E-state index contributed by atoms with van der Waals surface area (Å²) in [7, 11) is 4.99. The van der Waals surface area contributed by atoms with Crippen LogP contribution in [-0.4, -0.2) is 188 Å². The van der Waals surface area contributed by atoms with Gasteiger partial charge in [-0.3, -0.25) is 0 Å². The van der Waals surface area contributed by atoms with Crippen molar-refractivity contribution in [3.05, 3.63) is 0 Å². The van der Waals surface area contributed by atoms with Crippen LogP contribution in [0, 0.1) is 32.5 Å². The van der Waals surface area contributed by atoms with Gasteiger partial charge in [0.2, 0.25) is 0 Å². The summed E-state index contributed by atoms with van der Waals surface area (Å²) in [6.07, 6.45) is 0.986. The molecule has 16 heteroatoms. The third-order valence-corrected chi connectivity index (χ3v) is 14.3. The predicted octanol–water partition coefficient (Wildman–Crippen LogP) is 5.01. The molecule has 350 valence electrons. The molecule has 0 aromatic heterocycles. The molecule has 7 aliphatic rings. The van der Waals surface area contributed by atoms with Gasteiger partial charge in [0.15, 0.2) is 0 Å². The quantitative estimate of drug-likeness (QED) is 0.0868. The van der Waals surface area contributed by atoms with Gasteiger partial charge in [0.05, 0.1) is 132 Å². The molecule has 7 heterocycles. The zero-order chi connectivity index (χ0) is 43.6. The fraction of sp³-hybridized carbons (Fsp3) is 1.00. The number of rotatable bonds is 21. The van der Waals surface area contributed by atoms with Crippen molar-refractivity contribution >= 4 is 8.56 Å². The Morgan fingerprint density at radius 1 is 0.407 bits per heavy atom. The largest absolute Gasteiger partial charge is 0.398 e. The molecule has 7 saturated heterocycles. The van der Waals surface area contributed by atoms with Gasteiger partial charge in [-0.2, -0.15) is 0 Å². The minimum absolute atomic E-state index is 0.0436. The summed E-state index contributed by atoms with van der Waals surface area (Å²) in [6, 6.07) is 0.969. The summed E-state index contributed by atoms with van der Waals surface area (Å²) in [5.74, 6) is 0. The first-order valence-corrected chi connectivity index (χ1v) is 23.8. The molecular formula is C43H84O15Si. The van der Waals surface area contributed by atoms with Crippen molar-refractivity contribution in [2.75, 3.05) is 174 Å². The van der Waals surface area contributed by atoms with E-state index in [9.17, 15) is 0 Å². The van der Waals surface area contributed by atoms with Gasteiger partial charge in [0, 0.05) is 67.5 Å². The molecule has 7 rings (SSSR count). The Hall–Kier alpha value is -0.383. The van der Waals surface area contributed by atoms with Gasteiger partial charge in [-0.1, -0.05) is 41.5 Å². The van der Waals surface area contributed by atoms with Gasteiger partial charge in [0.1, 0.15) is 12.4 Å². The molecule has 7 aliphatic heterocycles. The molecule has 0 atom stereocenters. The third-order valence-electron chi connectivity index (χ3n) is 11.3. The van der Waals surface area contributed by atoms with Crippen LogP contribution in [0.5, 0.6) is 0 Å². The maximum absolute atomic E-state index is 5.74. The van der Waals surface area contributed by atoms with E-state index in [4.69, 9.17) is 70.4 Å². The molecule has 0 bridgehead atoms. The molecule has 0 N–H and O–H groups in total.